The Morgan fingerprint density at radius 2 is 1.83 bits per heavy atom. The third kappa shape index (κ3) is 6.42. The predicted molar refractivity (Wildman–Crippen MR) is 110 cm³/mol. The number of aromatic nitrogens is 2. The van der Waals surface area contributed by atoms with Gasteiger partial charge in [0.2, 0.25) is 5.91 Å². The summed E-state index contributed by atoms with van der Waals surface area (Å²) in [4.78, 5) is 34.9. The Bertz CT molecular complexity index is 824. The molecule has 1 saturated heterocycles. The number of ether oxygens (including phenoxy) is 1. The molecule has 2 aromatic rings. The van der Waals surface area contributed by atoms with Crippen molar-refractivity contribution in [3.8, 4) is 0 Å². The fourth-order valence-corrected chi connectivity index (χ4v) is 2.90. The van der Waals surface area contributed by atoms with Gasteiger partial charge in [-0.25, -0.2) is 9.97 Å². The van der Waals surface area contributed by atoms with E-state index in [-0.39, 0.29) is 18.4 Å². The molecule has 29 heavy (non-hydrogen) atoms. The van der Waals surface area contributed by atoms with Gasteiger partial charge in [-0.15, -0.1) is 0 Å². The van der Waals surface area contributed by atoms with Crippen LogP contribution in [-0.4, -0.2) is 67.7 Å². The molecule has 3 rings (SSSR count). The quantitative estimate of drug-likeness (QED) is 0.558. The molecule has 9 heteroatoms. The van der Waals surface area contributed by atoms with E-state index in [2.05, 4.69) is 30.8 Å². The van der Waals surface area contributed by atoms with Crippen LogP contribution in [-0.2, 0) is 9.53 Å². The molecule has 0 bridgehead atoms. The lowest BCUT2D eigenvalue weighted by Gasteiger charge is -2.28. The lowest BCUT2D eigenvalue weighted by atomic mass is 10.2. The van der Waals surface area contributed by atoms with Crippen molar-refractivity contribution in [2.24, 2.45) is 0 Å². The summed E-state index contributed by atoms with van der Waals surface area (Å²) in [5.74, 6) is 1.75. The summed E-state index contributed by atoms with van der Waals surface area (Å²) in [6, 6.07) is 10.7. The van der Waals surface area contributed by atoms with Gasteiger partial charge >= 0.3 is 0 Å². The van der Waals surface area contributed by atoms with Gasteiger partial charge in [0.05, 0.1) is 19.8 Å². The zero-order chi connectivity index (χ0) is 20.5. The SMILES string of the molecule is Cc1nc(NCCNC(=O)CNC(=O)c2ccccc2)cc(N2CCOCC2)n1. The molecule has 1 aliphatic heterocycles. The molecule has 9 nitrogen and oxygen atoms in total. The van der Waals surface area contributed by atoms with Crippen LogP contribution in [0, 0.1) is 6.92 Å². The fourth-order valence-electron chi connectivity index (χ4n) is 2.90. The van der Waals surface area contributed by atoms with Crippen molar-refractivity contribution in [2.75, 3.05) is 56.2 Å². The smallest absolute Gasteiger partial charge is 0.251 e. The molecule has 2 amide bonds. The monoisotopic (exact) mass is 398 g/mol. The summed E-state index contributed by atoms with van der Waals surface area (Å²) in [5.41, 5.74) is 0.525. The van der Waals surface area contributed by atoms with E-state index >= 15 is 0 Å². The van der Waals surface area contributed by atoms with Crippen molar-refractivity contribution in [1.82, 2.24) is 20.6 Å². The first-order valence-electron chi connectivity index (χ1n) is 9.64. The van der Waals surface area contributed by atoms with Crippen LogP contribution in [0.4, 0.5) is 11.6 Å². The Balaban J connectivity index is 1.39. The van der Waals surface area contributed by atoms with Crippen LogP contribution in [0.5, 0.6) is 0 Å². The number of rotatable bonds is 8. The summed E-state index contributed by atoms with van der Waals surface area (Å²) in [6.07, 6.45) is 0. The molecule has 1 fully saturated rings. The van der Waals surface area contributed by atoms with Gasteiger partial charge in [0, 0.05) is 37.8 Å². The van der Waals surface area contributed by atoms with Gasteiger partial charge < -0.3 is 25.6 Å². The van der Waals surface area contributed by atoms with Crippen LogP contribution >= 0.6 is 0 Å². The summed E-state index contributed by atoms with van der Waals surface area (Å²) >= 11 is 0. The number of nitrogens with one attached hydrogen (secondary N) is 3. The first-order chi connectivity index (χ1) is 14.1. The van der Waals surface area contributed by atoms with Crippen LogP contribution in [0.2, 0.25) is 0 Å². The van der Waals surface area contributed by atoms with Gasteiger partial charge in [0.1, 0.15) is 17.5 Å². The lowest BCUT2D eigenvalue weighted by molar-refractivity contribution is -0.120. The van der Waals surface area contributed by atoms with E-state index in [0.29, 0.717) is 43.5 Å². The number of morpholine rings is 1. The molecule has 1 aromatic carbocycles. The first-order valence-corrected chi connectivity index (χ1v) is 9.64. The molecule has 1 aliphatic rings. The number of hydrogen-bond donors (Lipinski definition) is 3. The van der Waals surface area contributed by atoms with E-state index in [1.54, 1.807) is 24.3 Å². The highest BCUT2D eigenvalue weighted by Crippen LogP contribution is 2.16. The molecule has 0 spiro atoms. The zero-order valence-electron chi connectivity index (χ0n) is 16.5. The molecule has 2 heterocycles. The fraction of sp³-hybridized carbons (Fsp3) is 0.400. The van der Waals surface area contributed by atoms with Crippen LogP contribution in [0.3, 0.4) is 0 Å². The van der Waals surface area contributed by atoms with Crippen molar-refractivity contribution >= 4 is 23.5 Å². The average Bonchev–Trinajstić information content (AvgIpc) is 2.76. The van der Waals surface area contributed by atoms with E-state index in [4.69, 9.17) is 4.74 Å². The molecule has 1 aromatic heterocycles. The maximum Gasteiger partial charge on any atom is 0.251 e. The molecule has 0 unspecified atom stereocenters. The minimum absolute atomic E-state index is 0.0679. The second-order valence-electron chi connectivity index (χ2n) is 6.58. The normalized spacial score (nSPS) is 13.6. The maximum absolute atomic E-state index is 11.9. The molecule has 0 radical (unpaired) electrons. The number of aryl methyl sites for hydroxylation is 1. The van der Waals surface area contributed by atoms with Gasteiger partial charge in [-0.3, -0.25) is 9.59 Å². The van der Waals surface area contributed by atoms with Crippen molar-refractivity contribution in [1.29, 1.82) is 0 Å². The highest BCUT2D eigenvalue weighted by atomic mass is 16.5. The Kier molecular flexibility index (Phi) is 7.34. The standard InChI is InChI=1S/C20H26N6O3/c1-15-24-17(13-18(25-15)26-9-11-29-12-10-26)21-7-8-22-19(27)14-23-20(28)16-5-3-2-4-6-16/h2-6,13H,7-12,14H2,1H3,(H,22,27)(H,23,28)(H,21,24,25). The number of amides is 2. The van der Waals surface area contributed by atoms with Gasteiger partial charge in [-0.1, -0.05) is 18.2 Å². The van der Waals surface area contributed by atoms with E-state index < -0.39 is 0 Å². The second kappa shape index (κ2) is 10.4. The number of nitrogens with zero attached hydrogens (tertiary/aromatic N) is 3. The summed E-state index contributed by atoms with van der Waals surface area (Å²) in [7, 11) is 0. The minimum atomic E-state index is -0.272. The summed E-state index contributed by atoms with van der Waals surface area (Å²) < 4.78 is 5.38. The van der Waals surface area contributed by atoms with E-state index in [9.17, 15) is 9.59 Å². The van der Waals surface area contributed by atoms with Crippen molar-refractivity contribution in [3.63, 3.8) is 0 Å². The highest BCUT2D eigenvalue weighted by Gasteiger charge is 2.14. The first kappa shape index (κ1) is 20.5. The highest BCUT2D eigenvalue weighted by molar-refractivity contribution is 5.96. The van der Waals surface area contributed by atoms with E-state index in [0.717, 1.165) is 18.9 Å². The summed E-state index contributed by atoms with van der Waals surface area (Å²) in [5, 5.41) is 8.57. The maximum atomic E-state index is 11.9. The third-order valence-electron chi connectivity index (χ3n) is 4.36. The number of benzene rings is 1. The Hall–Kier alpha value is -3.20. The Labute approximate surface area is 169 Å². The zero-order valence-corrected chi connectivity index (χ0v) is 16.5. The topological polar surface area (TPSA) is 108 Å². The third-order valence-corrected chi connectivity index (χ3v) is 4.36. The van der Waals surface area contributed by atoms with E-state index in [1.807, 2.05) is 19.1 Å². The predicted octanol–water partition coefficient (Wildman–Crippen LogP) is 0.580. The molecular formula is C20H26N6O3. The van der Waals surface area contributed by atoms with Gasteiger partial charge in [0.25, 0.3) is 5.91 Å². The van der Waals surface area contributed by atoms with Gasteiger partial charge in [-0.05, 0) is 19.1 Å². The van der Waals surface area contributed by atoms with Crippen LogP contribution in [0.1, 0.15) is 16.2 Å². The molecule has 0 atom stereocenters. The molecule has 0 saturated carbocycles. The minimum Gasteiger partial charge on any atom is -0.378 e. The van der Waals surface area contributed by atoms with Crippen molar-refractivity contribution in [2.45, 2.75) is 6.92 Å². The van der Waals surface area contributed by atoms with Crippen molar-refractivity contribution in [3.05, 3.63) is 47.8 Å². The van der Waals surface area contributed by atoms with Crippen LogP contribution < -0.4 is 20.9 Å². The van der Waals surface area contributed by atoms with E-state index in [1.165, 1.54) is 0 Å². The Morgan fingerprint density at radius 1 is 1.07 bits per heavy atom. The van der Waals surface area contributed by atoms with Gasteiger partial charge in [-0.2, -0.15) is 0 Å². The molecular weight excluding hydrogens is 372 g/mol. The molecule has 0 aliphatic carbocycles. The second-order valence-corrected chi connectivity index (χ2v) is 6.58. The van der Waals surface area contributed by atoms with Gasteiger partial charge in [0.15, 0.2) is 0 Å². The lowest BCUT2D eigenvalue weighted by Crippen LogP contribution is -2.38. The number of carbonyl (C=O) groups is 2. The van der Waals surface area contributed by atoms with Crippen LogP contribution in [0.25, 0.3) is 0 Å². The number of carbonyl (C=O) groups excluding carboxylic acids is 2. The summed E-state index contributed by atoms with van der Waals surface area (Å²) in [6.45, 7) is 5.71. The largest absolute Gasteiger partial charge is 0.378 e. The number of anilines is 2. The Morgan fingerprint density at radius 3 is 2.59 bits per heavy atom. The number of hydrogen-bond acceptors (Lipinski definition) is 7. The van der Waals surface area contributed by atoms with Crippen molar-refractivity contribution < 1.29 is 14.3 Å². The average molecular weight is 398 g/mol. The molecule has 154 valence electrons. The van der Waals surface area contributed by atoms with Crippen LogP contribution in [0.15, 0.2) is 36.4 Å². The molecule has 3 N–H and O–H groups in total.